The molecule has 1 rings (SSSR count). The van der Waals surface area contributed by atoms with E-state index in [1.54, 1.807) is 24.3 Å². The molecular formula is C26H46N4O5. The van der Waals surface area contributed by atoms with E-state index in [1.165, 1.54) is 7.05 Å². The maximum atomic E-state index is 12.5. The highest BCUT2D eigenvalue weighted by molar-refractivity contribution is 5.96. The van der Waals surface area contributed by atoms with Gasteiger partial charge < -0.3 is 26.0 Å². The Kier molecular flexibility index (Phi) is 19.7. The molecule has 0 fully saturated rings. The molecule has 200 valence electrons. The lowest BCUT2D eigenvalue weighted by atomic mass is 10.0. The Morgan fingerprint density at radius 1 is 0.886 bits per heavy atom. The van der Waals surface area contributed by atoms with Crippen LogP contribution in [-0.2, 0) is 25.7 Å². The molecule has 0 aliphatic carbocycles. The van der Waals surface area contributed by atoms with Gasteiger partial charge in [0.05, 0.1) is 6.54 Å². The van der Waals surface area contributed by atoms with Crippen molar-refractivity contribution in [3.05, 3.63) is 29.8 Å². The predicted molar refractivity (Wildman–Crippen MR) is 141 cm³/mol. The topological polar surface area (TPSA) is 126 Å². The Hall–Kier alpha value is -3.10. The number of rotatable bonds is 11. The zero-order chi connectivity index (χ0) is 27.4. The molecule has 0 heterocycles. The number of nitrogens with one attached hydrogen (secondary N) is 4. The van der Waals surface area contributed by atoms with Gasteiger partial charge in [-0.3, -0.25) is 14.4 Å². The third-order valence-electron chi connectivity index (χ3n) is 4.45. The van der Waals surface area contributed by atoms with Crippen LogP contribution in [0.3, 0.4) is 0 Å². The van der Waals surface area contributed by atoms with E-state index < -0.39 is 23.9 Å². The highest BCUT2D eigenvalue weighted by Crippen LogP contribution is 2.11. The first-order chi connectivity index (χ1) is 16.6. The molecule has 0 aromatic heterocycles. The summed E-state index contributed by atoms with van der Waals surface area (Å²) in [4.78, 5) is 47.8. The minimum Gasteiger partial charge on any atom is -0.445 e. The quantitative estimate of drug-likeness (QED) is 0.366. The number of anilines is 1. The standard InChI is InChI=1S/C22H34N4O5.2C2H6/c1-14(2)6-11-18(27)26-20(15(3)4)21(29)24-12-19(28)25-17-9-7-16(8-10-17)13-31-22(30)23-5;2*1-2/h7-10,14-15,20H,6,11-13H2,1-5H3,(H,23,30)(H,24,29)(H,25,28)(H,26,27);2*1-2H3. The van der Waals surface area contributed by atoms with Crippen LogP contribution in [0, 0.1) is 11.8 Å². The van der Waals surface area contributed by atoms with Crippen molar-refractivity contribution in [2.24, 2.45) is 11.8 Å². The van der Waals surface area contributed by atoms with Gasteiger partial charge in [-0.05, 0) is 36.0 Å². The maximum absolute atomic E-state index is 12.5. The lowest BCUT2D eigenvalue weighted by Crippen LogP contribution is -2.51. The van der Waals surface area contributed by atoms with Crippen molar-refractivity contribution in [1.82, 2.24) is 16.0 Å². The summed E-state index contributed by atoms with van der Waals surface area (Å²) in [5.41, 5.74) is 1.31. The zero-order valence-electron chi connectivity index (χ0n) is 22.9. The van der Waals surface area contributed by atoms with E-state index in [2.05, 4.69) is 21.3 Å². The Labute approximate surface area is 211 Å². The fraction of sp³-hybridized carbons (Fsp3) is 0.615. The molecule has 1 aromatic rings. The van der Waals surface area contributed by atoms with Gasteiger partial charge in [0.15, 0.2) is 0 Å². The van der Waals surface area contributed by atoms with Crippen molar-refractivity contribution in [2.75, 3.05) is 18.9 Å². The van der Waals surface area contributed by atoms with Crippen molar-refractivity contribution >= 4 is 29.5 Å². The molecule has 0 bridgehead atoms. The lowest BCUT2D eigenvalue weighted by molar-refractivity contribution is -0.130. The van der Waals surface area contributed by atoms with E-state index in [0.717, 1.165) is 12.0 Å². The van der Waals surface area contributed by atoms with Crippen LogP contribution in [0.25, 0.3) is 0 Å². The molecule has 9 heteroatoms. The Morgan fingerprint density at radius 2 is 1.46 bits per heavy atom. The molecule has 4 N–H and O–H groups in total. The van der Waals surface area contributed by atoms with E-state index >= 15 is 0 Å². The largest absolute Gasteiger partial charge is 0.445 e. The number of carbonyl (C=O) groups excluding carboxylic acids is 4. The molecule has 35 heavy (non-hydrogen) atoms. The minimum absolute atomic E-state index is 0.115. The summed E-state index contributed by atoms with van der Waals surface area (Å²) in [6, 6.07) is 6.09. The number of carbonyl (C=O) groups is 4. The van der Waals surface area contributed by atoms with Crippen molar-refractivity contribution in [3.8, 4) is 0 Å². The van der Waals surface area contributed by atoms with Crippen LogP contribution in [0.4, 0.5) is 10.5 Å². The highest BCUT2D eigenvalue weighted by Gasteiger charge is 2.24. The summed E-state index contributed by atoms with van der Waals surface area (Å²) in [7, 11) is 1.48. The fourth-order valence-corrected chi connectivity index (χ4v) is 2.59. The normalized spacial score (nSPS) is 10.6. The molecule has 1 unspecified atom stereocenters. The van der Waals surface area contributed by atoms with Crippen LogP contribution in [0.5, 0.6) is 0 Å². The molecule has 0 saturated heterocycles. The molecule has 1 aromatic carbocycles. The average Bonchev–Trinajstić information content (AvgIpc) is 2.86. The molecule has 0 aliphatic rings. The van der Waals surface area contributed by atoms with E-state index in [-0.39, 0.29) is 25.0 Å². The van der Waals surface area contributed by atoms with Gasteiger partial charge >= 0.3 is 6.09 Å². The molecule has 0 radical (unpaired) electrons. The lowest BCUT2D eigenvalue weighted by Gasteiger charge is -2.22. The van der Waals surface area contributed by atoms with Gasteiger partial charge in [0.2, 0.25) is 17.7 Å². The SMILES string of the molecule is CC.CC.CNC(=O)OCc1ccc(NC(=O)CNC(=O)C(NC(=O)CCC(C)C)C(C)C)cc1. The summed E-state index contributed by atoms with van der Waals surface area (Å²) >= 11 is 0. The number of benzene rings is 1. The maximum Gasteiger partial charge on any atom is 0.407 e. The third-order valence-corrected chi connectivity index (χ3v) is 4.45. The first kappa shape index (κ1) is 34.1. The van der Waals surface area contributed by atoms with Gasteiger partial charge in [0.1, 0.15) is 12.6 Å². The summed E-state index contributed by atoms with van der Waals surface area (Å²) in [6.07, 6.45) is 0.583. The van der Waals surface area contributed by atoms with Crippen molar-refractivity contribution < 1.29 is 23.9 Å². The third kappa shape index (κ3) is 16.2. The summed E-state index contributed by atoms with van der Waals surface area (Å²) < 4.78 is 4.94. The minimum atomic E-state index is -0.702. The summed E-state index contributed by atoms with van der Waals surface area (Å²) in [5, 5.41) is 10.4. The van der Waals surface area contributed by atoms with Crippen LogP contribution in [0.15, 0.2) is 24.3 Å². The van der Waals surface area contributed by atoms with Crippen molar-refractivity contribution in [2.45, 2.75) is 80.9 Å². The van der Waals surface area contributed by atoms with Crippen LogP contribution in [-0.4, -0.2) is 43.4 Å². The zero-order valence-corrected chi connectivity index (χ0v) is 22.9. The number of amides is 4. The van der Waals surface area contributed by atoms with Crippen LogP contribution in [0.1, 0.15) is 73.8 Å². The number of ether oxygens (including phenoxy) is 1. The molecule has 0 saturated carbocycles. The highest BCUT2D eigenvalue weighted by atomic mass is 16.5. The van der Waals surface area contributed by atoms with Gasteiger partial charge in [-0.25, -0.2) is 4.79 Å². The van der Waals surface area contributed by atoms with E-state index in [9.17, 15) is 19.2 Å². The van der Waals surface area contributed by atoms with Gasteiger partial charge in [0.25, 0.3) is 0 Å². The van der Waals surface area contributed by atoms with Crippen LogP contribution in [0.2, 0.25) is 0 Å². The average molecular weight is 495 g/mol. The molecule has 4 amide bonds. The molecule has 0 spiro atoms. The Morgan fingerprint density at radius 3 is 1.94 bits per heavy atom. The van der Waals surface area contributed by atoms with E-state index in [4.69, 9.17) is 4.74 Å². The molecular weight excluding hydrogens is 448 g/mol. The second-order valence-corrected chi connectivity index (χ2v) is 8.01. The smallest absolute Gasteiger partial charge is 0.407 e. The fourth-order valence-electron chi connectivity index (χ4n) is 2.59. The first-order valence-corrected chi connectivity index (χ1v) is 12.4. The molecule has 0 aliphatic heterocycles. The van der Waals surface area contributed by atoms with Gasteiger partial charge in [-0.15, -0.1) is 0 Å². The number of hydrogen-bond acceptors (Lipinski definition) is 5. The van der Waals surface area contributed by atoms with Gasteiger partial charge in [0, 0.05) is 19.2 Å². The first-order valence-electron chi connectivity index (χ1n) is 12.4. The summed E-state index contributed by atoms with van der Waals surface area (Å²) in [5.74, 6) is -0.678. The number of hydrogen-bond donors (Lipinski definition) is 4. The van der Waals surface area contributed by atoms with Gasteiger partial charge in [-0.2, -0.15) is 0 Å². The van der Waals surface area contributed by atoms with Crippen molar-refractivity contribution in [3.63, 3.8) is 0 Å². The summed E-state index contributed by atoms with van der Waals surface area (Å²) in [6.45, 7) is 15.6. The number of alkyl carbamates (subject to hydrolysis) is 1. The Bertz CT molecular complexity index is 749. The molecule has 1 atom stereocenters. The predicted octanol–water partition coefficient (Wildman–Crippen LogP) is 4.23. The second kappa shape index (κ2) is 20.3. The van der Waals surface area contributed by atoms with E-state index in [0.29, 0.717) is 18.0 Å². The molecule has 9 nitrogen and oxygen atoms in total. The van der Waals surface area contributed by atoms with Crippen LogP contribution < -0.4 is 21.3 Å². The monoisotopic (exact) mass is 494 g/mol. The van der Waals surface area contributed by atoms with Crippen LogP contribution >= 0.6 is 0 Å². The second-order valence-electron chi connectivity index (χ2n) is 8.01. The van der Waals surface area contributed by atoms with Crippen molar-refractivity contribution in [1.29, 1.82) is 0 Å². The Balaban J connectivity index is 0. The van der Waals surface area contributed by atoms with E-state index in [1.807, 2.05) is 55.4 Å². The van der Waals surface area contributed by atoms with Gasteiger partial charge in [-0.1, -0.05) is 67.5 Å².